The molecule has 2 heterocycles. The molecule has 2 N–H and O–H groups in total. The van der Waals surface area contributed by atoms with Gasteiger partial charge in [0.15, 0.2) is 0 Å². The van der Waals surface area contributed by atoms with Gasteiger partial charge in [0.2, 0.25) is 0 Å². The van der Waals surface area contributed by atoms with Crippen molar-refractivity contribution in [1.82, 2.24) is 0 Å². The number of aryl methyl sites for hydroxylation is 2. The van der Waals surface area contributed by atoms with Crippen LogP contribution in [-0.4, -0.2) is 24.4 Å². The highest BCUT2D eigenvalue weighted by Crippen LogP contribution is 2.13. The van der Waals surface area contributed by atoms with Crippen molar-refractivity contribution in [2.75, 3.05) is 0 Å². The second-order valence-electron chi connectivity index (χ2n) is 11.5. The Kier molecular flexibility index (Phi) is 8.35. The molecule has 4 aromatic carbocycles. The van der Waals surface area contributed by atoms with Gasteiger partial charge in [-0.2, -0.15) is 0 Å². The van der Waals surface area contributed by atoms with E-state index in [1.54, 1.807) is 0 Å². The van der Waals surface area contributed by atoms with Crippen molar-refractivity contribution in [3.63, 3.8) is 0 Å². The zero-order valence-corrected chi connectivity index (χ0v) is 25.5. The minimum absolute atomic E-state index is 0.939. The molecule has 4 aromatic rings. The van der Waals surface area contributed by atoms with E-state index < -0.39 is 13.0 Å². The molecule has 6 heteroatoms. The largest absolute Gasteiger partial charge is 0.655 e. The van der Waals surface area contributed by atoms with Gasteiger partial charge in [0.25, 0.3) is 0 Å². The third-order valence-electron chi connectivity index (χ3n) is 8.22. The molecule has 212 valence electrons. The zero-order valence-electron chi connectivity index (χ0n) is 25.5. The van der Waals surface area contributed by atoms with E-state index in [1.807, 2.05) is 32.1 Å². The molecule has 0 aliphatic carbocycles. The van der Waals surface area contributed by atoms with E-state index in [0.29, 0.717) is 0 Å². The van der Waals surface area contributed by atoms with Crippen molar-refractivity contribution in [2.24, 2.45) is 0 Å². The van der Waals surface area contributed by atoms with Crippen LogP contribution in [0.4, 0.5) is 0 Å². The van der Waals surface area contributed by atoms with Crippen LogP contribution in [0, 0.1) is 13.8 Å². The van der Waals surface area contributed by atoms with Gasteiger partial charge in [-0.25, -0.2) is 0 Å². The molecule has 0 saturated carbocycles. The first-order chi connectivity index (χ1) is 20.2. The summed E-state index contributed by atoms with van der Waals surface area (Å²) in [4.78, 5) is 7.23. The smallest absolute Gasteiger partial charge is 0.507 e. The molecule has 4 nitrogen and oxygen atoms in total. The first kappa shape index (κ1) is 28.9. The second-order valence-corrected chi connectivity index (χ2v) is 11.5. The Labute approximate surface area is 250 Å². The summed E-state index contributed by atoms with van der Waals surface area (Å²) in [5.74, 6) is 1.89. The molecule has 0 atom stereocenters. The zero-order chi connectivity index (χ0) is 29.7. The minimum Gasteiger partial charge on any atom is -0.655 e. The lowest BCUT2D eigenvalue weighted by atomic mass is 9.40. The first-order valence-electron chi connectivity index (χ1n) is 14.7. The van der Waals surface area contributed by atoms with Gasteiger partial charge in [0, 0.05) is 26.0 Å². The summed E-state index contributed by atoms with van der Waals surface area (Å²) in [7, 11) is 0. The van der Waals surface area contributed by atoms with Gasteiger partial charge in [-0.3, -0.25) is 0 Å². The molecular weight excluding hydrogens is 514 g/mol. The Balaban J connectivity index is 0.000000169. The van der Waals surface area contributed by atoms with Crippen molar-refractivity contribution in [3.8, 4) is 0 Å². The Morgan fingerprint density at radius 2 is 0.786 bits per heavy atom. The molecule has 2 aliphatic rings. The third-order valence-corrected chi connectivity index (χ3v) is 8.22. The lowest BCUT2D eigenvalue weighted by Gasteiger charge is -2.38. The van der Waals surface area contributed by atoms with Crippen LogP contribution in [0.3, 0.4) is 0 Å². The fourth-order valence-electron chi connectivity index (χ4n) is 6.50. The summed E-state index contributed by atoms with van der Waals surface area (Å²) in [5.41, 5.74) is 9.47. The molecule has 42 heavy (non-hydrogen) atoms. The van der Waals surface area contributed by atoms with Gasteiger partial charge in [-0.1, -0.05) is 142 Å². The number of allylic oxidation sites excluding steroid dienone is 4. The van der Waals surface area contributed by atoms with Crippen molar-refractivity contribution < 1.29 is 19.1 Å². The first-order valence-corrected chi connectivity index (χ1v) is 14.7. The monoisotopic (exact) mass is 554 g/mol. The van der Waals surface area contributed by atoms with E-state index in [0.717, 1.165) is 33.9 Å². The second kappa shape index (κ2) is 12.1. The molecule has 0 saturated heterocycles. The standard InChI is InChI=1S/C19H22BNO.C17H18BNO/c1-14-9-5-7-11-18(14)20(19-12-8-6-10-15(19)2)21-16(3)13-17(4)22-20;1-14-13-15(2)20-18(19-14,16-9-5-3-6-10-16)17-11-7-4-8-12-17/h5-13,21H,1-4H3;3-13,19H,1-2H3. The van der Waals surface area contributed by atoms with Gasteiger partial charge < -0.3 is 19.1 Å². The summed E-state index contributed by atoms with van der Waals surface area (Å²) in [5, 5.41) is 0. The number of hydrogen-bond acceptors (Lipinski definition) is 2. The van der Waals surface area contributed by atoms with Crippen molar-refractivity contribution in [3.05, 3.63) is 144 Å². The van der Waals surface area contributed by atoms with Gasteiger partial charge in [-0.05, 0) is 27.7 Å². The number of nitrogens with one attached hydrogen (secondary N) is 2. The number of benzene rings is 4. The fourth-order valence-corrected chi connectivity index (χ4v) is 6.50. The maximum atomic E-state index is 6.47. The highest BCUT2D eigenvalue weighted by Gasteiger charge is 2.44. The van der Waals surface area contributed by atoms with Gasteiger partial charge in [0.1, 0.15) is 11.4 Å². The van der Waals surface area contributed by atoms with E-state index in [9.17, 15) is 0 Å². The molecule has 2 aliphatic heterocycles. The molecule has 0 unspecified atom stereocenters. The quantitative estimate of drug-likeness (QED) is 0.380. The molecule has 0 bridgehead atoms. The molecular formula is C36H40B2N2O2. The summed E-state index contributed by atoms with van der Waals surface area (Å²) in [6, 6.07) is 37.7. The van der Waals surface area contributed by atoms with E-state index in [1.165, 1.54) is 22.1 Å². The Morgan fingerprint density at radius 3 is 1.19 bits per heavy atom. The summed E-state index contributed by atoms with van der Waals surface area (Å²) in [6.45, 7) is 9.56. The van der Waals surface area contributed by atoms with Crippen molar-refractivity contribution >= 4 is 46.2 Å². The average molecular weight is 554 g/mol. The normalized spacial score (nSPS) is 16.7. The van der Waals surface area contributed by atoms with Crippen molar-refractivity contribution in [2.45, 2.75) is 41.5 Å². The number of hydrogen-bond donors (Lipinski definition) is 2. The van der Waals surface area contributed by atoms with E-state index in [-0.39, 0.29) is 0 Å². The van der Waals surface area contributed by atoms with Crippen molar-refractivity contribution in [1.29, 1.82) is 0 Å². The predicted octanol–water partition coefficient (Wildman–Crippen LogP) is 2.05. The van der Waals surface area contributed by atoms with Crippen LogP contribution in [0.1, 0.15) is 38.8 Å². The maximum Gasteiger partial charge on any atom is 0.507 e. The Morgan fingerprint density at radius 1 is 0.429 bits per heavy atom. The Bertz CT molecular complexity index is 1610. The van der Waals surface area contributed by atoms with Crippen LogP contribution in [0.25, 0.3) is 0 Å². The van der Waals surface area contributed by atoms with Gasteiger partial charge >= 0.3 is 13.0 Å². The van der Waals surface area contributed by atoms with E-state index >= 15 is 0 Å². The van der Waals surface area contributed by atoms with Crippen LogP contribution in [0.2, 0.25) is 0 Å². The minimum atomic E-state index is -1.49. The lowest BCUT2D eigenvalue weighted by Crippen LogP contribution is -3.01. The SMILES string of the molecule is CC1=CC(C)=[NH+][B-](c2ccccc2)(c2ccccc2)O1.CC1=CC(C)=[NH+][B-](c2ccccc2C)(c2ccccc2C)O1. The van der Waals surface area contributed by atoms with E-state index in [2.05, 4.69) is 141 Å². The van der Waals surface area contributed by atoms with Crippen LogP contribution < -0.4 is 31.7 Å². The lowest BCUT2D eigenvalue weighted by molar-refractivity contribution is -0.324. The topological polar surface area (TPSA) is 46.4 Å². The van der Waals surface area contributed by atoms with Gasteiger partial charge in [0.05, 0.1) is 11.5 Å². The van der Waals surface area contributed by atoms with Gasteiger partial charge in [-0.15, -0.1) is 0 Å². The van der Waals surface area contributed by atoms with E-state index in [4.69, 9.17) is 9.31 Å². The van der Waals surface area contributed by atoms with Crippen LogP contribution in [0.5, 0.6) is 0 Å². The Hall–Kier alpha value is -4.57. The summed E-state index contributed by atoms with van der Waals surface area (Å²) >= 11 is 0. The number of rotatable bonds is 4. The van der Waals surface area contributed by atoms with Crippen LogP contribution >= 0.6 is 0 Å². The molecule has 0 aromatic heterocycles. The molecule has 6 rings (SSSR count). The predicted molar refractivity (Wildman–Crippen MR) is 178 cm³/mol. The van der Waals surface area contributed by atoms with Crippen LogP contribution in [-0.2, 0) is 9.31 Å². The van der Waals surface area contributed by atoms with Crippen LogP contribution in [0.15, 0.2) is 133 Å². The fraction of sp³-hybridized carbons (Fsp3) is 0.167. The highest BCUT2D eigenvalue weighted by molar-refractivity contribution is 6.92. The summed E-state index contributed by atoms with van der Waals surface area (Å²) in [6.07, 6.45) is 4.09. The summed E-state index contributed by atoms with van der Waals surface area (Å²) < 4.78 is 12.8. The molecule has 0 fully saturated rings. The average Bonchev–Trinajstić information content (AvgIpc) is 2.98. The third kappa shape index (κ3) is 5.75. The molecule has 0 radical (unpaired) electrons. The maximum absolute atomic E-state index is 6.47. The molecule has 0 amide bonds. The highest BCUT2D eigenvalue weighted by atomic mass is 16.5. The molecule has 0 spiro atoms.